The summed E-state index contributed by atoms with van der Waals surface area (Å²) in [6.45, 7) is 6.70. The van der Waals surface area contributed by atoms with Crippen molar-refractivity contribution in [2.45, 2.75) is 49.9 Å². The summed E-state index contributed by atoms with van der Waals surface area (Å²) in [5.74, 6) is 2.90. The number of rotatable bonds is 7. The second kappa shape index (κ2) is 12.0. The molecule has 0 saturated carbocycles. The van der Waals surface area contributed by atoms with Crippen LogP contribution in [0, 0.1) is 0 Å². The number of hydrogen-bond acceptors (Lipinski definition) is 8. The largest absolute Gasteiger partial charge is 0.493 e. The molecule has 1 saturated heterocycles. The van der Waals surface area contributed by atoms with Gasteiger partial charge in [-0.3, -0.25) is 4.79 Å². The number of benzene rings is 2. The molecule has 2 atom stereocenters. The van der Waals surface area contributed by atoms with Crippen LogP contribution in [0.3, 0.4) is 0 Å². The van der Waals surface area contributed by atoms with Gasteiger partial charge in [0.25, 0.3) is 5.91 Å². The number of thioether (sulfide) groups is 1. The number of fused-ring (bicyclic) bond motifs is 1. The van der Waals surface area contributed by atoms with Crippen LogP contribution < -0.4 is 14.4 Å². The van der Waals surface area contributed by atoms with Crippen LogP contribution in [0.15, 0.2) is 47.6 Å². The molecule has 2 aliphatic heterocycles. The highest BCUT2D eigenvalue weighted by molar-refractivity contribution is 7.98. The van der Waals surface area contributed by atoms with Crippen LogP contribution in [0.5, 0.6) is 11.5 Å². The summed E-state index contributed by atoms with van der Waals surface area (Å²) in [5, 5.41) is 1.00. The number of ether oxygens (including phenoxy) is 3. The molecule has 0 radical (unpaired) electrons. The van der Waals surface area contributed by atoms with Gasteiger partial charge in [0.2, 0.25) is 0 Å². The van der Waals surface area contributed by atoms with Crippen molar-refractivity contribution in [3.05, 3.63) is 69.9 Å². The number of hydrogen-bond donors (Lipinski definition) is 0. The minimum Gasteiger partial charge on any atom is -0.493 e. The number of halogens is 1. The zero-order valence-electron chi connectivity index (χ0n) is 22.6. The van der Waals surface area contributed by atoms with E-state index in [2.05, 4.69) is 16.0 Å². The van der Waals surface area contributed by atoms with Gasteiger partial charge in [-0.15, -0.1) is 0 Å². The summed E-state index contributed by atoms with van der Waals surface area (Å²) in [6.07, 6.45) is 0.925. The number of carbonyl (C=O) groups excluding carboxylic acids is 1. The number of morpholine rings is 1. The summed E-state index contributed by atoms with van der Waals surface area (Å²) < 4.78 is 16.7. The van der Waals surface area contributed by atoms with Crippen molar-refractivity contribution in [3.63, 3.8) is 0 Å². The molecule has 2 unspecified atom stereocenters. The molecule has 0 N–H and O–H groups in total. The Bertz CT molecular complexity index is 1350. The zero-order valence-corrected chi connectivity index (χ0v) is 24.2. The van der Waals surface area contributed by atoms with E-state index in [1.807, 2.05) is 49.1 Å². The average Bonchev–Trinajstić information content (AvgIpc) is 2.94. The van der Waals surface area contributed by atoms with Gasteiger partial charge in [0.05, 0.1) is 26.4 Å². The van der Waals surface area contributed by atoms with E-state index in [0.29, 0.717) is 47.0 Å². The lowest BCUT2D eigenvalue weighted by Crippen LogP contribution is -2.48. The lowest BCUT2D eigenvalue weighted by atomic mass is 9.99. The summed E-state index contributed by atoms with van der Waals surface area (Å²) in [4.78, 5) is 26.5. The fourth-order valence-electron chi connectivity index (χ4n) is 5.16. The monoisotopic (exact) mass is 568 g/mol. The minimum absolute atomic E-state index is 0.0313. The van der Waals surface area contributed by atoms with Gasteiger partial charge in [-0.25, -0.2) is 9.97 Å². The van der Waals surface area contributed by atoms with Crippen LogP contribution in [0.25, 0.3) is 0 Å². The molecule has 206 valence electrons. The van der Waals surface area contributed by atoms with Crippen LogP contribution >= 0.6 is 23.4 Å². The Morgan fingerprint density at radius 1 is 1.05 bits per heavy atom. The van der Waals surface area contributed by atoms with Crippen molar-refractivity contribution in [1.29, 1.82) is 0 Å². The average molecular weight is 569 g/mol. The molecule has 1 aromatic heterocycles. The van der Waals surface area contributed by atoms with Gasteiger partial charge >= 0.3 is 0 Å². The Morgan fingerprint density at radius 3 is 2.49 bits per heavy atom. The molecule has 0 bridgehead atoms. The first kappa shape index (κ1) is 27.6. The summed E-state index contributed by atoms with van der Waals surface area (Å²) in [6, 6.07) is 13.7. The highest BCUT2D eigenvalue weighted by atomic mass is 35.5. The van der Waals surface area contributed by atoms with Crippen molar-refractivity contribution in [2.24, 2.45) is 0 Å². The van der Waals surface area contributed by atoms with E-state index >= 15 is 0 Å². The Balaban J connectivity index is 1.27. The fraction of sp³-hybridized carbons (Fsp3) is 0.414. The molecule has 2 aromatic carbocycles. The van der Waals surface area contributed by atoms with Crippen molar-refractivity contribution in [1.82, 2.24) is 14.9 Å². The van der Waals surface area contributed by atoms with Crippen LogP contribution in [-0.2, 0) is 23.5 Å². The molecule has 3 heterocycles. The van der Waals surface area contributed by atoms with Crippen molar-refractivity contribution in [3.8, 4) is 11.5 Å². The minimum atomic E-state index is 0.0313. The maximum Gasteiger partial charge on any atom is 0.254 e. The maximum atomic E-state index is 13.1. The molecular formula is C29H33ClN4O4S. The molecule has 1 fully saturated rings. The summed E-state index contributed by atoms with van der Waals surface area (Å²) in [7, 11) is 3.30. The Labute approximate surface area is 238 Å². The molecule has 10 heteroatoms. The SMILES string of the molecule is COc1cc2c(cc1OC)CN(c1cc(Cl)nc(SCc3cccc(C(=O)N4CC(C)OC(C)C4)c3)n1)CC2. The lowest BCUT2D eigenvalue weighted by molar-refractivity contribution is -0.0586. The van der Waals surface area contributed by atoms with Gasteiger partial charge < -0.3 is 24.0 Å². The second-order valence-electron chi connectivity index (χ2n) is 9.94. The van der Waals surface area contributed by atoms with E-state index in [1.165, 1.54) is 22.9 Å². The first-order chi connectivity index (χ1) is 18.8. The first-order valence-corrected chi connectivity index (χ1v) is 14.4. The predicted octanol–water partition coefficient (Wildman–Crippen LogP) is 5.25. The third-order valence-electron chi connectivity index (χ3n) is 6.95. The Hall–Kier alpha value is -3.01. The van der Waals surface area contributed by atoms with E-state index < -0.39 is 0 Å². The molecule has 5 rings (SSSR count). The summed E-state index contributed by atoms with van der Waals surface area (Å²) in [5.41, 5.74) is 4.13. The first-order valence-electron chi connectivity index (χ1n) is 13.0. The Kier molecular flexibility index (Phi) is 8.49. The van der Waals surface area contributed by atoms with Gasteiger partial charge in [-0.2, -0.15) is 0 Å². The molecule has 2 aliphatic rings. The maximum absolute atomic E-state index is 13.1. The van der Waals surface area contributed by atoms with Gasteiger partial charge in [0, 0.05) is 43.6 Å². The number of nitrogens with zero attached hydrogens (tertiary/aromatic N) is 4. The molecule has 8 nitrogen and oxygen atoms in total. The van der Waals surface area contributed by atoms with E-state index in [0.717, 1.165) is 30.1 Å². The number of aromatic nitrogens is 2. The zero-order chi connectivity index (χ0) is 27.5. The highest BCUT2D eigenvalue weighted by Crippen LogP contribution is 2.35. The number of methoxy groups -OCH3 is 2. The third-order valence-corrected chi connectivity index (χ3v) is 8.06. The molecule has 0 aliphatic carbocycles. The third kappa shape index (κ3) is 6.42. The smallest absolute Gasteiger partial charge is 0.254 e. The molecular weight excluding hydrogens is 536 g/mol. The normalized spacial score (nSPS) is 19.0. The van der Waals surface area contributed by atoms with E-state index in [4.69, 9.17) is 30.8 Å². The highest BCUT2D eigenvalue weighted by Gasteiger charge is 2.27. The predicted molar refractivity (Wildman–Crippen MR) is 153 cm³/mol. The van der Waals surface area contributed by atoms with Gasteiger partial charge in [0.1, 0.15) is 11.0 Å². The van der Waals surface area contributed by atoms with Crippen LogP contribution in [0.4, 0.5) is 5.82 Å². The van der Waals surface area contributed by atoms with Crippen LogP contribution in [0.2, 0.25) is 5.15 Å². The number of carbonyl (C=O) groups is 1. The quantitative estimate of drug-likeness (QED) is 0.217. The molecule has 0 spiro atoms. The molecule has 39 heavy (non-hydrogen) atoms. The van der Waals surface area contributed by atoms with Gasteiger partial charge in [-0.1, -0.05) is 35.5 Å². The van der Waals surface area contributed by atoms with Crippen molar-refractivity contribution >= 4 is 35.1 Å². The van der Waals surface area contributed by atoms with E-state index in [9.17, 15) is 4.79 Å². The lowest BCUT2D eigenvalue weighted by Gasteiger charge is -2.35. The van der Waals surface area contributed by atoms with Crippen molar-refractivity contribution in [2.75, 3.05) is 38.8 Å². The van der Waals surface area contributed by atoms with E-state index in [1.54, 1.807) is 20.3 Å². The second-order valence-corrected chi connectivity index (χ2v) is 11.3. The number of anilines is 1. The topological polar surface area (TPSA) is 77.0 Å². The standard InChI is InChI=1S/C29H33ClN4O4S/c1-18-14-34(15-19(2)38-18)28(35)22-7-5-6-20(10-22)17-39-29-31-26(30)13-27(32-29)33-9-8-21-11-24(36-3)25(37-4)12-23(21)16-33/h5-7,10-13,18-19H,8-9,14-17H2,1-4H3. The van der Waals surface area contributed by atoms with Gasteiger partial charge in [-0.05, 0) is 61.2 Å². The molecule has 3 aromatic rings. The van der Waals surface area contributed by atoms with E-state index in [-0.39, 0.29) is 18.1 Å². The van der Waals surface area contributed by atoms with Crippen LogP contribution in [-0.4, -0.2) is 66.8 Å². The molecule has 1 amide bonds. The van der Waals surface area contributed by atoms with Gasteiger partial charge in [0.15, 0.2) is 16.7 Å². The Morgan fingerprint density at radius 2 is 1.77 bits per heavy atom. The van der Waals surface area contributed by atoms with Crippen LogP contribution in [0.1, 0.15) is 40.9 Å². The fourth-order valence-corrected chi connectivity index (χ4v) is 6.18. The summed E-state index contributed by atoms with van der Waals surface area (Å²) >= 11 is 7.93. The van der Waals surface area contributed by atoms with Crippen molar-refractivity contribution < 1.29 is 19.0 Å². The number of amides is 1.